The first-order valence-corrected chi connectivity index (χ1v) is 6.75. The number of thioether (sulfide) groups is 1. The molecule has 0 amide bonds. The molecule has 82 valence electrons. The van der Waals surface area contributed by atoms with Crippen molar-refractivity contribution < 1.29 is 0 Å². The van der Waals surface area contributed by atoms with Crippen LogP contribution in [0, 0.1) is 0 Å². The van der Waals surface area contributed by atoms with Crippen LogP contribution in [-0.4, -0.2) is 22.0 Å². The van der Waals surface area contributed by atoms with Gasteiger partial charge in [-0.25, -0.2) is 0 Å². The Kier molecular flexibility index (Phi) is 5.65. The monoisotopic (exact) mass is 240 g/mol. The number of thiocarbonyl (C=S) groups is 1. The van der Waals surface area contributed by atoms with Gasteiger partial charge in [-0.05, 0) is 37.0 Å². The van der Waals surface area contributed by atoms with E-state index >= 15 is 0 Å². The lowest BCUT2D eigenvalue weighted by atomic mass is 9.99. The predicted molar refractivity (Wildman–Crippen MR) is 71.4 cm³/mol. The lowest BCUT2D eigenvalue weighted by Crippen LogP contribution is -2.20. The van der Waals surface area contributed by atoms with Gasteiger partial charge in [-0.15, -0.1) is 0 Å². The fourth-order valence-corrected chi connectivity index (χ4v) is 2.14. The molecule has 0 aliphatic rings. The van der Waals surface area contributed by atoms with Crippen molar-refractivity contribution in [3.63, 3.8) is 0 Å². The third kappa shape index (κ3) is 4.18. The fourth-order valence-electron chi connectivity index (χ4n) is 1.45. The van der Waals surface area contributed by atoms with E-state index in [0.29, 0.717) is 4.99 Å². The van der Waals surface area contributed by atoms with Gasteiger partial charge in [-0.2, -0.15) is 11.8 Å². The highest BCUT2D eigenvalue weighted by Gasteiger charge is 2.14. The minimum Gasteiger partial charge on any atom is -0.393 e. The summed E-state index contributed by atoms with van der Waals surface area (Å²) in [4.78, 5) is 4.86. The van der Waals surface area contributed by atoms with Crippen molar-refractivity contribution in [1.82, 2.24) is 4.98 Å². The lowest BCUT2D eigenvalue weighted by molar-refractivity contribution is 0.734. The van der Waals surface area contributed by atoms with Crippen molar-refractivity contribution in [2.45, 2.75) is 18.8 Å². The van der Waals surface area contributed by atoms with E-state index in [1.165, 1.54) is 0 Å². The van der Waals surface area contributed by atoms with Crippen molar-refractivity contribution in [2.24, 2.45) is 5.73 Å². The van der Waals surface area contributed by atoms with E-state index in [1.807, 2.05) is 30.0 Å². The highest BCUT2D eigenvalue weighted by molar-refractivity contribution is 7.98. The molecule has 1 rings (SSSR count). The summed E-state index contributed by atoms with van der Waals surface area (Å²) in [6.07, 6.45) is 6.01. The minimum absolute atomic E-state index is 0.133. The summed E-state index contributed by atoms with van der Waals surface area (Å²) in [5, 5.41) is 0. The van der Waals surface area contributed by atoms with Crippen LogP contribution in [0.2, 0.25) is 0 Å². The average molecular weight is 240 g/mol. The Morgan fingerprint density at radius 2 is 2.40 bits per heavy atom. The van der Waals surface area contributed by atoms with Crippen LogP contribution in [0.15, 0.2) is 24.4 Å². The van der Waals surface area contributed by atoms with E-state index in [-0.39, 0.29) is 5.92 Å². The second-order valence-corrected chi connectivity index (χ2v) is 4.80. The molecule has 1 unspecified atom stereocenters. The van der Waals surface area contributed by atoms with Crippen molar-refractivity contribution in [1.29, 1.82) is 0 Å². The molecule has 0 aliphatic carbocycles. The Morgan fingerprint density at radius 1 is 1.60 bits per heavy atom. The average Bonchev–Trinajstić information content (AvgIpc) is 2.25. The Balaban J connectivity index is 2.62. The molecule has 1 aromatic rings. The van der Waals surface area contributed by atoms with Gasteiger partial charge in [0.25, 0.3) is 0 Å². The molecule has 0 fully saturated rings. The van der Waals surface area contributed by atoms with Crippen molar-refractivity contribution in [3.05, 3.63) is 30.1 Å². The Hall–Kier alpha value is -0.610. The molecule has 15 heavy (non-hydrogen) atoms. The highest BCUT2D eigenvalue weighted by Crippen LogP contribution is 2.20. The molecule has 1 aromatic heterocycles. The predicted octanol–water partition coefficient (Wildman–Crippen LogP) is 2.59. The zero-order valence-electron chi connectivity index (χ0n) is 8.85. The van der Waals surface area contributed by atoms with E-state index < -0.39 is 0 Å². The van der Waals surface area contributed by atoms with Crippen molar-refractivity contribution >= 4 is 29.0 Å². The van der Waals surface area contributed by atoms with Gasteiger partial charge >= 0.3 is 0 Å². The summed E-state index contributed by atoms with van der Waals surface area (Å²) >= 11 is 6.93. The minimum atomic E-state index is 0.133. The van der Waals surface area contributed by atoms with E-state index in [1.54, 1.807) is 6.20 Å². The summed E-state index contributed by atoms with van der Waals surface area (Å²) in [6, 6.07) is 5.87. The maximum absolute atomic E-state index is 5.74. The number of rotatable bonds is 6. The van der Waals surface area contributed by atoms with Crippen LogP contribution < -0.4 is 5.73 Å². The van der Waals surface area contributed by atoms with Gasteiger partial charge in [-0.1, -0.05) is 18.3 Å². The van der Waals surface area contributed by atoms with Gasteiger partial charge in [0.1, 0.15) is 0 Å². The van der Waals surface area contributed by atoms with Gasteiger partial charge < -0.3 is 5.73 Å². The second-order valence-electron chi connectivity index (χ2n) is 3.34. The summed E-state index contributed by atoms with van der Waals surface area (Å²) in [6.45, 7) is 0. The molecule has 4 heteroatoms. The van der Waals surface area contributed by atoms with Crippen LogP contribution in [0.1, 0.15) is 24.5 Å². The van der Waals surface area contributed by atoms with E-state index in [2.05, 4.69) is 11.2 Å². The molecule has 2 N–H and O–H groups in total. The van der Waals surface area contributed by atoms with Crippen LogP contribution in [-0.2, 0) is 0 Å². The largest absolute Gasteiger partial charge is 0.393 e. The lowest BCUT2D eigenvalue weighted by Gasteiger charge is -2.14. The van der Waals surface area contributed by atoms with Gasteiger partial charge in [0, 0.05) is 6.20 Å². The Morgan fingerprint density at radius 3 is 2.93 bits per heavy atom. The fraction of sp³-hybridized carbons (Fsp3) is 0.455. The zero-order valence-corrected chi connectivity index (χ0v) is 10.5. The van der Waals surface area contributed by atoms with Crippen LogP contribution in [0.4, 0.5) is 0 Å². The molecule has 0 radical (unpaired) electrons. The molecule has 2 nitrogen and oxygen atoms in total. The highest BCUT2D eigenvalue weighted by atomic mass is 32.2. The first-order chi connectivity index (χ1) is 7.25. The third-order valence-corrected chi connectivity index (χ3v) is 3.21. The normalized spacial score (nSPS) is 12.3. The number of hydrogen-bond donors (Lipinski definition) is 1. The standard InChI is InChI=1S/C11H16N2S2/c1-15-8-4-5-9(11(12)14)10-6-2-3-7-13-10/h2-3,6-7,9H,4-5,8H2,1H3,(H2,12,14). The SMILES string of the molecule is CSCCCC(C(N)=S)c1ccccn1. The summed E-state index contributed by atoms with van der Waals surface area (Å²) in [7, 11) is 0. The number of hydrogen-bond acceptors (Lipinski definition) is 3. The summed E-state index contributed by atoms with van der Waals surface area (Å²) in [5.41, 5.74) is 6.73. The van der Waals surface area contributed by atoms with E-state index in [4.69, 9.17) is 18.0 Å². The molecule has 0 aromatic carbocycles. The van der Waals surface area contributed by atoms with Gasteiger partial charge in [-0.3, -0.25) is 4.98 Å². The molecule has 0 saturated heterocycles. The van der Waals surface area contributed by atoms with Crippen molar-refractivity contribution in [3.8, 4) is 0 Å². The molecular weight excluding hydrogens is 224 g/mol. The topological polar surface area (TPSA) is 38.9 Å². The number of pyridine rings is 1. The summed E-state index contributed by atoms with van der Waals surface area (Å²) < 4.78 is 0. The van der Waals surface area contributed by atoms with Crippen LogP contribution in [0.5, 0.6) is 0 Å². The van der Waals surface area contributed by atoms with Crippen molar-refractivity contribution in [2.75, 3.05) is 12.0 Å². The zero-order chi connectivity index (χ0) is 11.1. The maximum atomic E-state index is 5.74. The Labute approximate surface area is 101 Å². The number of aromatic nitrogens is 1. The molecule has 1 heterocycles. The van der Waals surface area contributed by atoms with Gasteiger partial charge in [0.05, 0.1) is 16.6 Å². The number of nitrogens with zero attached hydrogens (tertiary/aromatic N) is 1. The molecule has 0 spiro atoms. The Bertz CT molecular complexity index is 301. The maximum Gasteiger partial charge on any atom is 0.0819 e. The van der Waals surface area contributed by atoms with E-state index in [0.717, 1.165) is 24.3 Å². The first kappa shape index (κ1) is 12.5. The molecular formula is C11H16N2S2. The third-order valence-electron chi connectivity index (χ3n) is 2.23. The smallest absolute Gasteiger partial charge is 0.0819 e. The van der Waals surface area contributed by atoms with Gasteiger partial charge in [0.2, 0.25) is 0 Å². The molecule has 1 atom stereocenters. The molecule has 0 bridgehead atoms. The number of nitrogens with two attached hydrogens (primary N) is 1. The quantitative estimate of drug-likeness (QED) is 0.613. The molecule has 0 aliphatic heterocycles. The second kappa shape index (κ2) is 6.80. The van der Waals surface area contributed by atoms with Crippen LogP contribution in [0.25, 0.3) is 0 Å². The van der Waals surface area contributed by atoms with Gasteiger partial charge in [0.15, 0.2) is 0 Å². The first-order valence-electron chi connectivity index (χ1n) is 4.95. The van der Waals surface area contributed by atoms with Crippen LogP contribution in [0.3, 0.4) is 0 Å². The van der Waals surface area contributed by atoms with E-state index in [9.17, 15) is 0 Å². The van der Waals surface area contributed by atoms with Crippen LogP contribution >= 0.6 is 24.0 Å². The molecule has 0 saturated carbocycles. The summed E-state index contributed by atoms with van der Waals surface area (Å²) in [5.74, 6) is 1.28.